The van der Waals surface area contributed by atoms with E-state index in [2.05, 4.69) is 20.8 Å². The Balaban J connectivity index is 4.47. The van der Waals surface area contributed by atoms with E-state index in [0.717, 1.165) is 0 Å². The highest BCUT2D eigenvalue weighted by molar-refractivity contribution is 5.73. The van der Waals surface area contributed by atoms with E-state index in [9.17, 15) is 4.79 Å². The molecule has 0 aromatic rings. The maximum Gasteiger partial charge on any atom is 0.320 e. The molecular formula is C10H22N2O2. The van der Waals surface area contributed by atoms with Gasteiger partial charge >= 0.3 is 5.97 Å². The van der Waals surface area contributed by atoms with E-state index in [1.807, 2.05) is 19.0 Å². The number of rotatable bonds is 4. The van der Waals surface area contributed by atoms with Crippen molar-refractivity contribution in [2.45, 2.75) is 39.3 Å². The third-order valence-corrected chi connectivity index (χ3v) is 2.42. The van der Waals surface area contributed by atoms with Gasteiger partial charge in [-0.2, -0.15) is 0 Å². The predicted molar refractivity (Wildman–Crippen MR) is 57.2 cm³/mol. The monoisotopic (exact) mass is 202 g/mol. The van der Waals surface area contributed by atoms with E-state index in [0.29, 0.717) is 6.42 Å². The van der Waals surface area contributed by atoms with Crippen molar-refractivity contribution in [3.8, 4) is 0 Å². The van der Waals surface area contributed by atoms with Gasteiger partial charge in [-0.1, -0.05) is 20.8 Å². The first-order valence-corrected chi connectivity index (χ1v) is 4.81. The predicted octanol–water partition coefficient (Wildman–Crippen LogP) is 0.765. The van der Waals surface area contributed by atoms with Crippen molar-refractivity contribution in [3.05, 3.63) is 0 Å². The largest absolute Gasteiger partial charge is 0.480 e. The lowest BCUT2D eigenvalue weighted by atomic mass is 9.82. The van der Waals surface area contributed by atoms with Crippen LogP contribution in [0.2, 0.25) is 0 Å². The number of hydrogen-bond donors (Lipinski definition) is 2. The number of carbonyl (C=O) groups is 1. The molecule has 0 radical (unpaired) electrons. The van der Waals surface area contributed by atoms with Crippen molar-refractivity contribution in [3.63, 3.8) is 0 Å². The first-order chi connectivity index (χ1) is 6.16. The summed E-state index contributed by atoms with van der Waals surface area (Å²) in [5, 5.41) is 8.73. The summed E-state index contributed by atoms with van der Waals surface area (Å²) < 4.78 is 0. The molecule has 0 heterocycles. The van der Waals surface area contributed by atoms with Gasteiger partial charge in [0.25, 0.3) is 0 Å². The van der Waals surface area contributed by atoms with Gasteiger partial charge in [0.15, 0.2) is 0 Å². The Kier molecular flexibility index (Phi) is 4.55. The summed E-state index contributed by atoms with van der Waals surface area (Å²) >= 11 is 0. The minimum atomic E-state index is -0.930. The van der Waals surface area contributed by atoms with Gasteiger partial charge in [0.1, 0.15) is 6.04 Å². The molecule has 0 amide bonds. The van der Waals surface area contributed by atoms with Gasteiger partial charge in [-0.15, -0.1) is 0 Å². The second-order valence-electron chi connectivity index (χ2n) is 5.03. The van der Waals surface area contributed by atoms with Gasteiger partial charge in [0, 0.05) is 6.04 Å². The average Bonchev–Trinajstić information content (AvgIpc) is 1.96. The second kappa shape index (κ2) is 4.75. The van der Waals surface area contributed by atoms with Crippen molar-refractivity contribution in [2.75, 3.05) is 14.1 Å². The van der Waals surface area contributed by atoms with Crippen LogP contribution < -0.4 is 5.73 Å². The number of nitrogens with two attached hydrogens (primary N) is 1. The molecule has 0 spiro atoms. The lowest BCUT2D eigenvalue weighted by Gasteiger charge is -2.36. The summed E-state index contributed by atoms with van der Waals surface area (Å²) in [5.41, 5.74) is 5.56. The number of carboxylic acid groups (broad SMARTS) is 1. The number of carboxylic acids is 1. The Morgan fingerprint density at radius 2 is 1.86 bits per heavy atom. The van der Waals surface area contributed by atoms with Crippen LogP contribution >= 0.6 is 0 Å². The number of nitrogens with zero attached hydrogens (tertiary/aromatic N) is 1. The maximum atomic E-state index is 10.6. The Morgan fingerprint density at radius 1 is 1.43 bits per heavy atom. The van der Waals surface area contributed by atoms with Gasteiger partial charge < -0.3 is 15.7 Å². The molecule has 2 atom stereocenters. The first kappa shape index (κ1) is 13.4. The average molecular weight is 202 g/mol. The zero-order valence-electron chi connectivity index (χ0n) is 9.74. The van der Waals surface area contributed by atoms with Crippen molar-refractivity contribution >= 4 is 5.97 Å². The van der Waals surface area contributed by atoms with Crippen LogP contribution in [0.1, 0.15) is 27.2 Å². The van der Waals surface area contributed by atoms with Crippen molar-refractivity contribution in [1.82, 2.24) is 4.90 Å². The highest BCUT2D eigenvalue weighted by Crippen LogP contribution is 2.26. The molecule has 0 aromatic heterocycles. The zero-order chi connectivity index (χ0) is 11.5. The van der Waals surface area contributed by atoms with Gasteiger partial charge in [0.2, 0.25) is 0 Å². The quantitative estimate of drug-likeness (QED) is 0.706. The van der Waals surface area contributed by atoms with E-state index in [1.165, 1.54) is 0 Å². The molecule has 3 N–H and O–H groups in total. The van der Waals surface area contributed by atoms with E-state index in [-0.39, 0.29) is 11.5 Å². The SMILES string of the molecule is CN(C)C(CC(N)C(=O)O)C(C)(C)C. The molecule has 4 nitrogen and oxygen atoms in total. The van der Waals surface area contributed by atoms with Gasteiger partial charge in [-0.3, -0.25) is 4.79 Å². The van der Waals surface area contributed by atoms with Crippen LogP contribution in [0.15, 0.2) is 0 Å². The molecule has 0 aliphatic heterocycles. The van der Waals surface area contributed by atoms with Crippen LogP contribution in [0.25, 0.3) is 0 Å². The molecule has 0 aliphatic carbocycles. The lowest BCUT2D eigenvalue weighted by Crippen LogP contribution is -2.45. The zero-order valence-corrected chi connectivity index (χ0v) is 9.74. The topological polar surface area (TPSA) is 66.6 Å². The van der Waals surface area contributed by atoms with Crippen LogP contribution in [-0.2, 0) is 4.79 Å². The summed E-state index contributed by atoms with van der Waals surface area (Å²) in [5.74, 6) is -0.930. The Labute approximate surface area is 86.1 Å². The van der Waals surface area contributed by atoms with Crippen LogP contribution in [0.5, 0.6) is 0 Å². The third kappa shape index (κ3) is 4.07. The molecule has 0 fully saturated rings. The molecule has 0 aromatic carbocycles. The van der Waals surface area contributed by atoms with E-state index < -0.39 is 12.0 Å². The highest BCUT2D eigenvalue weighted by Gasteiger charge is 2.30. The fraction of sp³-hybridized carbons (Fsp3) is 0.900. The molecule has 14 heavy (non-hydrogen) atoms. The first-order valence-electron chi connectivity index (χ1n) is 4.81. The van der Waals surface area contributed by atoms with Crippen molar-refractivity contribution < 1.29 is 9.90 Å². The summed E-state index contributed by atoms with van der Waals surface area (Å²) in [4.78, 5) is 12.7. The smallest absolute Gasteiger partial charge is 0.320 e. The Hall–Kier alpha value is -0.610. The summed E-state index contributed by atoms with van der Waals surface area (Å²) in [7, 11) is 3.90. The fourth-order valence-electron chi connectivity index (χ4n) is 1.68. The van der Waals surface area contributed by atoms with Crippen molar-refractivity contribution in [1.29, 1.82) is 0 Å². The Bertz CT molecular complexity index is 197. The van der Waals surface area contributed by atoms with E-state index in [4.69, 9.17) is 10.8 Å². The highest BCUT2D eigenvalue weighted by atomic mass is 16.4. The molecule has 84 valence electrons. The molecule has 0 rings (SSSR count). The second-order valence-corrected chi connectivity index (χ2v) is 5.03. The molecule has 4 heteroatoms. The summed E-state index contributed by atoms with van der Waals surface area (Å²) in [6.45, 7) is 6.27. The Morgan fingerprint density at radius 3 is 2.07 bits per heavy atom. The minimum Gasteiger partial charge on any atom is -0.480 e. The van der Waals surface area contributed by atoms with Crippen LogP contribution in [-0.4, -0.2) is 42.2 Å². The minimum absolute atomic E-state index is 0.0383. The normalized spacial score (nSPS) is 16.8. The van der Waals surface area contributed by atoms with Crippen molar-refractivity contribution in [2.24, 2.45) is 11.1 Å². The molecule has 0 bridgehead atoms. The molecule has 0 aliphatic rings. The number of hydrogen-bond acceptors (Lipinski definition) is 3. The maximum absolute atomic E-state index is 10.6. The standard InChI is InChI=1S/C10H22N2O2/c1-10(2,3)8(12(4)5)6-7(11)9(13)14/h7-8H,6,11H2,1-5H3,(H,13,14). The van der Waals surface area contributed by atoms with Crippen LogP contribution in [0, 0.1) is 5.41 Å². The number of aliphatic carboxylic acids is 1. The third-order valence-electron chi connectivity index (χ3n) is 2.42. The summed E-state index contributed by atoms with van der Waals surface area (Å²) in [6, 6.07) is -0.602. The molecule has 2 unspecified atom stereocenters. The lowest BCUT2D eigenvalue weighted by molar-refractivity contribution is -0.139. The van der Waals surface area contributed by atoms with E-state index >= 15 is 0 Å². The van der Waals surface area contributed by atoms with E-state index in [1.54, 1.807) is 0 Å². The fourth-order valence-corrected chi connectivity index (χ4v) is 1.68. The van der Waals surface area contributed by atoms with Gasteiger partial charge in [0.05, 0.1) is 0 Å². The van der Waals surface area contributed by atoms with Gasteiger partial charge in [-0.05, 0) is 25.9 Å². The van der Waals surface area contributed by atoms with Gasteiger partial charge in [-0.25, -0.2) is 0 Å². The van der Waals surface area contributed by atoms with Crippen LogP contribution in [0.4, 0.5) is 0 Å². The van der Waals surface area contributed by atoms with Crippen LogP contribution in [0.3, 0.4) is 0 Å². The molecular weight excluding hydrogens is 180 g/mol. The summed E-state index contributed by atoms with van der Waals surface area (Å²) in [6.07, 6.45) is 0.478. The molecule has 0 saturated carbocycles. The molecule has 0 saturated heterocycles.